The molecule has 2 aromatic heterocycles. The highest BCUT2D eigenvalue weighted by Crippen LogP contribution is 2.28. The Labute approximate surface area is 425 Å². The number of hydrogen-bond acceptors (Lipinski definition) is 15. The first kappa shape index (κ1) is 53.4. The van der Waals surface area contributed by atoms with Gasteiger partial charge in [0, 0.05) is 75.6 Å². The molecule has 0 saturated carbocycles. The summed E-state index contributed by atoms with van der Waals surface area (Å²) < 4.78 is 18.4. The van der Waals surface area contributed by atoms with Crippen molar-refractivity contribution < 1.29 is 52.6 Å². The molecular weight excluding hydrogens is 961 g/mol. The molecule has 4 aromatic rings. The number of rotatable bonds is 24. The van der Waals surface area contributed by atoms with E-state index < -0.39 is 36.5 Å². The fourth-order valence-electron chi connectivity index (χ4n) is 8.63. The van der Waals surface area contributed by atoms with Gasteiger partial charge in [0.05, 0.1) is 43.1 Å². The topological polar surface area (TPSA) is 308 Å². The van der Waals surface area contributed by atoms with Crippen LogP contribution in [0.4, 0.5) is 21.1 Å². The number of ether oxygens (including phenoxy) is 3. The van der Waals surface area contributed by atoms with Crippen LogP contribution in [0.1, 0.15) is 62.6 Å². The average molecular weight is 1020 g/mol. The van der Waals surface area contributed by atoms with E-state index in [2.05, 4.69) is 41.5 Å². The highest BCUT2D eigenvalue weighted by atomic mass is 16.6. The van der Waals surface area contributed by atoms with E-state index in [9.17, 15) is 43.2 Å². The Morgan fingerprint density at radius 2 is 1.66 bits per heavy atom. The summed E-state index contributed by atoms with van der Waals surface area (Å²) in [5.74, 6) is -1.33. The number of carbonyl (C=O) groups excluding carboxylic acids is 8. The van der Waals surface area contributed by atoms with Gasteiger partial charge in [0.2, 0.25) is 17.7 Å². The lowest BCUT2D eigenvalue weighted by Crippen LogP contribution is -2.48. The Morgan fingerprint density at radius 1 is 0.892 bits per heavy atom. The number of primary amides is 1. The number of pyridine rings is 1. The van der Waals surface area contributed by atoms with E-state index >= 15 is 0 Å². The number of anilines is 2. The minimum atomic E-state index is -1.05. The summed E-state index contributed by atoms with van der Waals surface area (Å²) in [5, 5.41) is 13.1. The van der Waals surface area contributed by atoms with Crippen LogP contribution in [0.5, 0.6) is 11.5 Å². The molecule has 74 heavy (non-hydrogen) atoms. The third kappa shape index (κ3) is 15.1. The summed E-state index contributed by atoms with van der Waals surface area (Å²) in [6.07, 6.45) is 6.45. The number of urea groups is 1. The number of amides is 9. The largest absolute Gasteiger partial charge is 0.497 e. The van der Waals surface area contributed by atoms with Crippen LogP contribution in [0.3, 0.4) is 0 Å². The van der Waals surface area contributed by atoms with Crippen molar-refractivity contribution in [3.63, 3.8) is 0 Å². The Kier molecular flexibility index (Phi) is 18.6. The zero-order chi connectivity index (χ0) is 52.6. The van der Waals surface area contributed by atoms with E-state index in [0.717, 1.165) is 4.90 Å². The first-order valence-electron chi connectivity index (χ1n) is 24.4. The number of carbonyl (C=O) groups is 8. The number of unbranched alkanes of at least 4 members (excludes halogenated alkanes) is 2. The lowest BCUT2D eigenvalue weighted by atomic mass is 10.0. The Hall–Kier alpha value is -8.41. The Bertz CT molecular complexity index is 2790. The van der Waals surface area contributed by atoms with Gasteiger partial charge in [-0.15, -0.1) is 0 Å². The fraction of sp³-hybridized carbons (Fsp3) is 0.420. The summed E-state index contributed by atoms with van der Waals surface area (Å²) in [7, 11) is 1.56. The molecule has 1 fully saturated rings. The van der Waals surface area contributed by atoms with E-state index in [1.165, 1.54) is 18.3 Å². The van der Waals surface area contributed by atoms with Gasteiger partial charge in [-0.2, -0.15) is 0 Å². The normalized spacial score (nSPS) is 14.9. The summed E-state index contributed by atoms with van der Waals surface area (Å²) in [6, 6.07) is 13.4. The minimum Gasteiger partial charge on any atom is -0.497 e. The van der Waals surface area contributed by atoms with E-state index in [1.54, 1.807) is 65.1 Å². The van der Waals surface area contributed by atoms with Gasteiger partial charge < -0.3 is 56.0 Å². The predicted octanol–water partition coefficient (Wildman–Crippen LogP) is 1.91. The third-order valence-corrected chi connectivity index (χ3v) is 12.6. The minimum absolute atomic E-state index is 0.0770. The first-order chi connectivity index (χ1) is 35.7. The second-order valence-corrected chi connectivity index (χ2v) is 17.8. The van der Waals surface area contributed by atoms with Crippen molar-refractivity contribution >= 4 is 70.1 Å². The molecule has 1 atom stereocenters. The number of piperidine rings is 1. The second kappa shape index (κ2) is 25.8. The maximum atomic E-state index is 14.0. The molecule has 3 aliphatic heterocycles. The summed E-state index contributed by atoms with van der Waals surface area (Å²) >= 11 is 0. The van der Waals surface area contributed by atoms with Crippen LogP contribution in [-0.4, -0.2) is 142 Å². The highest BCUT2D eigenvalue weighted by molar-refractivity contribution is 6.12. The van der Waals surface area contributed by atoms with E-state index in [4.69, 9.17) is 19.9 Å². The van der Waals surface area contributed by atoms with Gasteiger partial charge in [0.15, 0.2) is 18.2 Å². The van der Waals surface area contributed by atoms with Crippen molar-refractivity contribution in [3.8, 4) is 11.5 Å². The first-order valence-corrected chi connectivity index (χ1v) is 24.4. The lowest BCUT2D eigenvalue weighted by molar-refractivity contribution is -0.137. The Morgan fingerprint density at radius 3 is 2.41 bits per heavy atom. The number of likely N-dealkylation sites (tertiary alicyclic amines) is 1. The quantitative estimate of drug-likeness (QED) is 0.0432. The molecule has 24 heteroatoms. The van der Waals surface area contributed by atoms with Gasteiger partial charge in [-0.1, -0.05) is 18.6 Å². The van der Waals surface area contributed by atoms with Crippen LogP contribution in [0, 0.1) is 0 Å². The number of nitrogens with one attached hydrogen (secondary N) is 5. The van der Waals surface area contributed by atoms with Crippen LogP contribution in [-0.2, 0) is 53.2 Å². The number of aromatic nitrogens is 3. The summed E-state index contributed by atoms with van der Waals surface area (Å²) in [6.45, 7) is 2.11. The molecular formula is C50H60N12O12. The number of methoxy groups -OCH3 is 1. The molecule has 1 saturated heterocycles. The second-order valence-electron chi connectivity index (χ2n) is 17.8. The SMILES string of the molecule is COc1ccc2ncc(=O)n(CCN3CCC(N(Cc4ccc5c(n4)NC(=O)CO5)C(=O)OCc4ccc(NC(=O)[C@H](CCCNC(N)=O)NC(=O)CNC(=O)CCCCCN5C(=O)C=CC5=O)cc4)CC3)c2c1. The van der Waals surface area contributed by atoms with E-state index in [1.807, 2.05) is 6.07 Å². The molecule has 0 unspecified atom stereocenters. The third-order valence-electron chi connectivity index (χ3n) is 12.6. The van der Waals surface area contributed by atoms with Gasteiger partial charge in [0.1, 0.15) is 18.4 Å². The maximum Gasteiger partial charge on any atom is 0.410 e. The Balaban J connectivity index is 0.917. The molecule has 7 rings (SSSR count). The zero-order valence-corrected chi connectivity index (χ0v) is 41.0. The molecule has 0 radical (unpaired) electrons. The van der Waals surface area contributed by atoms with Gasteiger partial charge >= 0.3 is 12.1 Å². The van der Waals surface area contributed by atoms with Crippen molar-refractivity contribution in [2.45, 2.75) is 83.1 Å². The van der Waals surface area contributed by atoms with Crippen molar-refractivity contribution in [1.82, 2.24) is 45.2 Å². The monoisotopic (exact) mass is 1020 g/mol. The van der Waals surface area contributed by atoms with Crippen LogP contribution >= 0.6 is 0 Å². The number of nitrogens with zero attached hydrogens (tertiary/aromatic N) is 6. The van der Waals surface area contributed by atoms with Crippen LogP contribution in [0.25, 0.3) is 11.0 Å². The molecule has 0 aliphatic carbocycles. The van der Waals surface area contributed by atoms with Crippen LogP contribution < -0.4 is 47.4 Å². The number of nitrogens with two attached hydrogens (primary N) is 1. The highest BCUT2D eigenvalue weighted by Gasteiger charge is 2.31. The number of benzene rings is 2. The van der Waals surface area contributed by atoms with Crippen molar-refractivity contribution in [1.29, 1.82) is 0 Å². The van der Waals surface area contributed by atoms with Crippen molar-refractivity contribution in [3.05, 3.63) is 94.6 Å². The fourth-order valence-corrected chi connectivity index (χ4v) is 8.63. The molecule has 7 N–H and O–H groups in total. The standard InChI is InChI=1S/C50H60N12O12/c1-72-36-13-14-37-39(26-36)60(46(68)28-53-37)25-24-59-22-18-35(19-23-59)62(29-34-12-15-40-47(55-34)58-43(65)31-73-40)50(71)74-30-32-8-10-33(11-9-32)56-48(69)38(6-5-20-52-49(51)70)57-42(64)27-54-41(63)7-3-2-4-21-61-44(66)16-17-45(61)67/h8-17,26,28,35,38H,2-7,18-25,27,29-31H2,1H3,(H,54,63)(H,56,69)(H,57,64)(H3,51,52,70)(H,55,58,65)/t38-/m0/s1. The smallest absolute Gasteiger partial charge is 0.410 e. The van der Waals surface area contributed by atoms with Gasteiger partial charge in [-0.05, 0) is 80.5 Å². The van der Waals surface area contributed by atoms with E-state index in [-0.39, 0.29) is 93.2 Å². The molecule has 9 amide bonds. The maximum absolute atomic E-state index is 14.0. The number of imide groups is 1. The van der Waals surface area contributed by atoms with Gasteiger partial charge in [-0.25, -0.2) is 19.6 Å². The molecule has 2 aromatic carbocycles. The van der Waals surface area contributed by atoms with Crippen molar-refractivity contribution in [2.24, 2.45) is 5.73 Å². The lowest BCUT2D eigenvalue weighted by Gasteiger charge is -2.38. The molecule has 3 aliphatic rings. The van der Waals surface area contributed by atoms with Gasteiger partial charge in [0.25, 0.3) is 23.3 Å². The van der Waals surface area contributed by atoms with E-state index in [0.29, 0.717) is 97.8 Å². The molecule has 0 spiro atoms. The van der Waals surface area contributed by atoms with Gasteiger partial charge in [-0.3, -0.25) is 43.4 Å². The predicted molar refractivity (Wildman–Crippen MR) is 267 cm³/mol. The number of hydrogen-bond donors (Lipinski definition) is 6. The molecule has 0 bridgehead atoms. The molecule has 5 heterocycles. The number of fused-ring (bicyclic) bond motifs is 2. The average Bonchev–Trinajstić information content (AvgIpc) is 3.72. The molecule has 392 valence electrons. The van der Waals surface area contributed by atoms with Crippen LogP contribution in [0.15, 0.2) is 77.7 Å². The molecule has 24 nitrogen and oxygen atoms in total. The summed E-state index contributed by atoms with van der Waals surface area (Å²) in [5.41, 5.74) is 7.81. The summed E-state index contributed by atoms with van der Waals surface area (Å²) in [4.78, 5) is 126. The van der Waals surface area contributed by atoms with Crippen molar-refractivity contribution in [2.75, 3.05) is 63.6 Å². The van der Waals surface area contributed by atoms with Crippen LogP contribution in [0.2, 0.25) is 0 Å². The zero-order valence-electron chi connectivity index (χ0n) is 41.0.